The van der Waals surface area contributed by atoms with Crippen LogP contribution in [0.1, 0.15) is 13.8 Å². The highest BCUT2D eigenvalue weighted by Crippen LogP contribution is 2.29. The molecule has 2 aromatic carbocycles. The van der Waals surface area contributed by atoms with Crippen LogP contribution in [0.2, 0.25) is 5.02 Å². The number of para-hydroxylation sites is 1. The van der Waals surface area contributed by atoms with Crippen LogP contribution in [0, 0.1) is 0 Å². The lowest BCUT2D eigenvalue weighted by Crippen LogP contribution is -2.35. The topological polar surface area (TPSA) is 73.9 Å². The third-order valence-corrected chi connectivity index (χ3v) is 3.76. The molecule has 28 heavy (non-hydrogen) atoms. The molecule has 6 nitrogen and oxygen atoms in total. The molecule has 0 spiro atoms. The molecule has 9 heteroatoms. The molecule has 2 unspecified atom stereocenters. The minimum Gasteiger partial charge on any atom is -0.479 e. The quantitative estimate of drug-likeness (QED) is 0.654. The normalized spacial score (nSPS) is 12.8. The van der Waals surface area contributed by atoms with Crippen LogP contribution >= 0.6 is 11.6 Å². The number of amides is 1. The number of nitrogens with one attached hydrogen (secondary N) is 1. The Hall–Kier alpha value is -2.87. The number of esters is 1. The molecule has 2 aromatic rings. The zero-order valence-electron chi connectivity index (χ0n) is 15.0. The predicted octanol–water partition coefficient (Wildman–Crippen LogP) is 4.28. The van der Waals surface area contributed by atoms with Gasteiger partial charge in [-0.3, -0.25) is 4.79 Å². The molecule has 0 bridgehead atoms. The number of anilines is 1. The van der Waals surface area contributed by atoms with E-state index in [1.54, 1.807) is 30.3 Å². The van der Waals surface area contributed by atoms with E-state index in [9.17, 15) is 18.4 Å². The highest BCUT2D eigenvalue weighted by atomic mass is 35.5. The van der Waals surface area contributed by atoms with Crippen molar-refractivity contribution in [3.63, 3.8) is 0 Å². The van der Waals surface area contributed by atoms with Crippen LogP contribution in [-0.2, 0) is 14.3 Å². The van der Waals surface area contributed by atoms with E-state index in [-0.39, 0.29) is 16.5 Å². The van der Waals surface area contributed by atoms with Gasteiger partial charge >= 0.3 is 12.6 Å². The maximum Gasteiger partial charge on any atom is 0.387 e. The van der Waals surface area contributed by atoms with Crippen molar-refractivity contribution in [3.05, 3.63) is 53.6 Å². The van der Waals surface area contributed by atoms with E-state index in [1.165, 1.54) is 32.0 Å². The number of hydrogen-bond acceptors (Lipinski definition) is 5. The summed E-state index contributed by atoms with van der Waals surface area (Å²) in [5, 5.41) is 2.37. The van der Waals surface area contributed by atoms with Crippen molar-refractivity contribution in [2.75, 3.05) is 5.32 Å². The first-order valence-corrected chi connectivity index (χ1v) is 8.61. The Labute approximate surface area is 165 Å². The number of carbonyl (C=O) groups is 2. The summed E-state index contributed by atoms with van der Waals surface area (Å²) in [5.41, 5.74) is 0.230. The van der Waals surface area contributed by atoms with Gasteiger partial charge in [0.1, 0.15) is 11.5 Å². The summed E-state index contributed by atoms with van der Waals surface area (Å²) in [7, 11) is 0. The van der Waals surface area contributed by atoms with Gasteiger partial charge in [0.05, 0.1) is 5.02 Å². The minimum atomic E-state index is -3.02. The first kappa shape index (κ1) is 21.4. The summed E-state index contributed by atoms with van der Waals surface area (Å²) in [6, 6.07) is 12.5. The summed E-state index contributed by atoms with van der Waals surface area (Å²) in [6.45, 7) is -0.128. The van der Waals surface area contributed by atoms with Gasteiger partial charge in [0, 0.05) is 5.69 Å². The summed E-state index contributed by atoms with van der Waals surface area (Å²) >= 11 is 5.83. The summed E-state index contributed by atoms with van der Waals surface area (Å²) in [6.07, 6.45) is -2.04. The van der Waals surface area contributed by atoms with Crippen LogP contribution in [0.5, 0.6) is 11.5 Å². The van der Waals surface area contributed by atoms with Crippen LogP contribution in [-0.4, -0.2) is 30.7 Å². The molecule has 0 saturated carbocycles. The molecule has 0 aliphatic rings. The molecule has 0 aliphatic carbocycles. The van der Waals surface area contributed by atoms with Crippen molar-refractivity contribution in [1.82, 2.24) is 0 Å². The largest absolute Gasteiger partial charge is 0.479 e. The SMILES string of the molecule is CC(OC(=O)C(C)Oc1ccccc1)C(=O)Nc1ccc(OC(F)F)c(Cl)c1. The van der Waals surface area contributed by atoms with Crippen LogP contribution < -0.4 is 14.8 Å². The zero-order valence-corrected chi connectivity index (χ0v) is 15.8. The van der Waals surface area contributed by atoms with E-state index in [0.717, 1.165) is 0 Å². The van der Waals surface area contributed by atoms with Crippen LogP contribution in [0.25, 0.3) is 0 Å². The first-order valence-electron chi connectivity index (χ1n) is 8.23. The Bertz CT molecular complexity index is 819. The average molecular weight is 414 g/mol. The van der Waals surface area contributed by atoms with Crippen molar-refractivity contribution >= 4 is 29.2 Å². The van der Waals surface area contributed by atoms with Crippen molar-refractivity contribution < 1.29 is 32.6 Å². The van der Waals surface area contributed by atoms with Gasteiger partial charge in [-0.15, -0.1) is 0 Å². The predicted molar refractivity (Wildman–Crippen MR) is 98.8 cm³/mol. The van der Waals surface area contributed by atoms with E-state index in [4.69, 9.17) is 21.1 Å². The fourth-order valence-corrected chi connectivity index (χ4v) is 2.31. The molecule has 0 aromatic heterocycles. The number of carbonyl (C=O) groups excluding carboxylic acids is 2. The van der Waals surface area contributed by atoms with E-state index in [2.05, 4.69) is 10.1 Å². The van der Waals surface area contributed by atoms with Crippen molar-refractivity contribution in [2.24, 2.45) is 0 Å². The first-order chi connectivity index (χ1) is 13.3. The molecular weight excluding hydrogens is 396 g/mol. The summed E-state index contributed by atoms with van der Waals surface area (Å²) in [4.78, 5) is 24.3. The number of benzene rings is 2. The van der Waals surface area contributed by atoms with Crippen LogP contribution in [0.3, 0.4) is 0 Å². The second kappa shape index (κ2) is 9.89. The molecule has 0 aliphatic heterocycles. The van der Waals surface area contributed by atoms with Gasteiger partial charge < -0.3 is 19.5 Å². The Morgan fingerprint density at radius 1 is 1.00 bits per heavy atom. The number of rotatable bonds is 8. The fourth-order valence-electron chi connectivity index (χ4n) is 2.09. The number of alkyl halides is 2. The molecule has 2 atom stereocenters. The number of ether oxygens (including phenoxy) is 3. The van der Waals surface area contributed by atoms with Crippen molar-refractivity contribution in [3.8, 4) is 11.5 Å². The molecule has 1 N–H and O–H groups in total. The smallest absolute Gasteiger partial charge is 0.387 e. The molecule has 0 heterocycles. The lowest BCUT2D eigenvalue weighted by atomic mass is 10.2. The number of hydrogen-bond donors (Lipinski definition) is 1. The zero-order chi connectivity index (χ0) is 20.7. The van der Waals surface area contributed by atoms with Crippen molar-refractivity contribution in [1.29, 1.82) is 0 Å². The van der Waals surface area contributed by atoms with Crippen LogP contribution in [0.15, 0.2) is 48.5 Å². The van der Waals surface area contributed by atoms with Gasteiger partial charge in [-0.1, -0.05) is 29.8 Å². The maximum absolute atomic E-state index is 12.2. The van der Waals surface area contributed by atoms with Crippen molar-refractivity contribution in [2.45, 2.75) is 32.7 Å². The van der Waals surface area contributed by atoms with Gasteiger partial charge in [-0.05, 0) is 44.2 Å². The lowest BCUT2D eigenvalue weighted by molar-refractivity contribution is -0.159. The van der Waals surface area contributed by atoms with E-state index < -0.39 is 30.7 Å². The second-order valence-electron chi connectivity index (χ2n) is 5.67. The van der Waals surface area contributed by atoms with Gasteiger partial charge in [0.15, 0.2) is 12.2 Å². The molecule has 1 amide bonds. The number of halogens is 3. The van der Waals surface area contributed by atoms with E-state index in [1.807, 2.05) is 0 Å². The standard InChI is InChI=1S/C19H18ClF2NO5/c1-11(27-18(25)12(2)26-14-6-4-3-5-7-14)17(24)23-13-8-9-16(15(20)10-13)28-19(21)22/h3-12,19H,1-2H3,(H,23,24). The molecule has 150 valence electrons. The molecule has 0 radical (unpaired) electrons. The molecule has 2 rings (SSSR count). The van der Waals surface area contributed by atoms with E-state index in [0.29, 0.717) is 5.75 Å². The van der Waals surface area contributed by atoms with Gasteiger partial charge in [0.25, 0.3) is 5.91 Å². The second-order valence-corrected chi connectivity index (χ2v) is 6.07. The Balaban J connectivity index is 1.89. The van der Waals surface area contributed by atoms with Gasteiger partial charge in [0.2, 0.25) is 0 Å². The van der Waals surface area contributed by atoms with Crippen LogP contribution in [0.4, 0.5) is 14.5 Å². The lowest BCUT2D eigenvalue weighted by Gasteiger charge is -2.18. The monoisotopic (exact) mass is 413 g/mol. The molecule has 0 fully saturated rings. The summed E-state index contributed by atoms with van der Waals surface area (Å²) in [5.74, 6) is -1.07. The molecular formula is C19H18ClF2NO5. The highest BCUT2D eigenvalue weighted by molar-refractivity contribution is 6.32. The fraction of sp³-hybridized carbons (Fsp3) is 0.263. The van der Waals surface area contributed by atoms with E-state index >= 15 is 0 Å². The summed E-state index contributed by atoms with van der Waals surface area (Å²) < 4.78 is 39.2. The Morgan fingerprint density at radius 3 is 2.29 bits per heavy atom. The van der Waals surface area contributed by atoms with Gasteiger partial charge in [-0.2, -0.15) is 8.78 Å². The average Bonchev–Trinajstić information content (AvgIpc) is 2.64. The van der Waals surface area contributed by atoms with Gasteiger partial charge in [-0.25, -0.2) is 4.79 Å². The Kier molecular flexibility index (Phi) is 7.57. The molecule has 0 saturated heterocycles. The maximum atomic E-state index is 12.2. The Morgan fingerprint density at radius 2 is 1.68 bits per heavy atom. The third-order valence-electron chi connectivity index (χ3n) is 3.47. The minimum absolute atomic E-state index is 0.104. The highest BCUT2D eigenvalue weighted by Gasteiger charge is 2.23. The third kappa shape index (κ3) is 6.38.